The molecule has 1 N–H and O–H groups in total. The lowest BCUT2D eigenvalue weighted by atomic mass is 10.0. The number of nitrogens with one attached hydrogen (secondary N) is 1. The third-order valence-electron chi connectivity index (χ3n) is 3.91. The van der Waals surface area contributed by atoms with Crippen molar-refractivity contribution in [3.05, 3.63) is 0 Å². The summed E-state index contributed by atoms with van der Waals surface area (Å²) in [6, 6.07) is 0.751. The number of hydrogen-bond donors (Lipinski definition) is 1. The lowest BCUT2D eigenvalue weighted by Crippen LogP contribution is -2.32. The van der Waals surface area contributed by atoms with Crippen molar-refractivity contribution in [2.75, 3.05) is 12.3 Å². The molecule has 1 fully saturated rings. The van der Waals surface area contributed by atoms with Gasteiger partial charge in [0.1, 0.15) is 0 Å². The summed E-state index contributed by atoms with van der Waals surface area (Å²) in [4.78, 5) is 0. The summed E-state index contributed by atoms with van der Waals surface area (Å²) in [6.07, 6.45) is 11.5. The smallest absolute Gasteiger partial charge is 0.0158 e. The summed E-state index contributed by atoms with van der Waals surface area (Å²) in [5, 5.41) is 4.64. The minimum Gasteiger partial charge on any atom is -0.313 e. The predicted octanol–water partition coefficient (Wildman–Crippen LogP) is 4.86. The number of rotatable bonds is 9. The highest BCUT2D eigenvalue weighted by atomic mass is 32.2. The molecule has 0 bridgehead atoms. The molecular weight excluding hydrogens is 238 g/mol. The molecule has 0 aliphatic heterocycles. The van der Waals surface area contributed by atoms with Gasteiger partial charge < -0.3 is 5.32 Å². The second kappa shape index (κ2) is 10.1. The lowest BCUT2D eigenvalue weighted by molar-refractivity contribution is 0.467. The van der Waals surface area contributed by atoms with Crippen molar-refractivity contribution in [2.24, 2.45) is 5.92 Å². The van der Waals surface area contributed by atoms with Crippen LogP contribution in [-0.4, -0.2) is 23.6 Å². The molecule has 2 heteroatoms. The van der Waals surface area contributed by atoms with E-state index in [1.807, 2.05) is 0 Å². The van der Waals surface area contributed by atoms with Gasteiger partial charge in [-0.15, -0.1) is 0 Å². The first kappa shape index (κ1) is 16.4. The molecule has 0 saturated heterocycles. The quantitative estimate of drug-likeness (QED) is 0.643. The van der Waals surface area contributed by atoms with Crippen LogP contribution in [0, 0.1) is 5.92 Å². The van der Waals surface area contributed by atoms with E-state index in [-0.39, 0.29) is 0 Å². The van der Waals surface area contributed by atoms with Gasteiger partial charge in [0.25, 0.3) is 0 Å². The van der Waals surface area contributed by atoms with Gasteiger partial charge in [0.15, 0.2) is 0 Å². The number of thioether (sulfide) groups is 1. The molecule has 0 radical (unpaired) electrons. The predicted molar refractivity (Wildman–Crippen MR) is 85.5 cm³/mol. The van der Waals surface area contributed by atoms with Crippen LogP contribution in [0.2, 0.25) is 0 Å². The Hall–Kier alpha value is 0.310. The summed E-state index contributed by atoms with van der Waals surface area (Å²) in [5.41, 5.74) is 0. The van der Waals surface area contributed by atoms with E-state index in [9.17, 15) is 0 Å². The van der Waals surface area contributed by atoms with Gasteiger partial charge >= 0.3 is 0 Å². The fourth-order valence-corrected chi connectivity index (χ4v) is 4.25. The van der Waals surface area contributed by atoms with Crippen molar-refractivity contribution in [1.82, 2.24) is 5.32 Å². The molecule has 108 valence electrons. The van der Waals surface area contributed by atoms with E-state index >= 15 is 0 Å². The molecule has 1 aliphatic rings. The van der Waals surface area contributed by atoms with E-state index in [1.165, 1.54) is 57.1 Å². The van der Waals surface area contributed by atoms with Gasteiger partial charge in [-0.1, -0.05) is 52.9 Å². The van der Waals surface area contributed by atoms with Crippen LogP contribution in [0.3, 0.4) is 0 Å². The maximum absolute atomic E-state index is 3.68. The molecule has 0 aromatic carbocycles. The first-order valence-corrected chi connectivity index (χ1v) is 9.12. The van der Waals surface area contributed by atoms with Crippen LogP contribution in [0.15, 0.2) is 0 Å². The second-order valence-corrected chi connectivity index (χ2v) is 7.51. The van der Waals surface area contributed by atoms with Gasteiger partial charge in [-0.2, -0.15) is 11.8 Å². The van der Waals surface area contributed by atoms with Crippen LogP contribution >= 0.6 is 11.8 Å². The molecule has 1 rings (SSSR count). The van der Waals surface area contributed by atoms with E-state index in [2.05, 4.69) is 37.8 Å². The molecule has 1 aliphatic carbocycles. The van der Waals surface area contributed by atoms with Crippen LogP contribution in [0.5, 0.6) is 0 Å². The van der Waals surface area contributed by atoms with Crippen LogP contribution in [-0.2, 0) is 0 Å². The van der Waals surface area contributed by atoms with Crippen molar-refractivity contribution in [2.45, 2.75) is 83.4 Å². The molecule has 1 unspecified atom stereocenters. The minimum atomic E-state index is 0.751. The summed E-state index contributed by atoms with van der Waals surface area (Å²) in [6.45, 7) is 8.02. The van der Waals surface area contributed by atoms with E-state index in [4.69, 9.17) is 0 Å². The summed E-state index contributed by atoms with van der Waals surface area (Å²) < 4.78 is 0. The average molecular weight is 272 g/mol. The standard InChI is InChI=1S/C16H33NS/c1-4-17-15(10-8-9-14(2)3)13-18-16-11-6-5-7-12-16/h14-17H,4-13H2,1-3H3. The summed E-state index contributed by atoms with van der Waals surface area (Å²) in [7, 11) is 0. The van der Waals surface area contributed by atoms with Gasteiger partial charge in [-0.25, -0.2) is 0 Å². The maximum Gasteiger partial charge on any atom is 0.0158 e. The van der Waals surface area contributed by atoms with Gasteiger partial charge in [0, 0.05) is 17.0 Å². The molecule has 18 heavy (non-hydrogen) atoms. The van der Waals surface area contributed by atoms with Crippen molar-refractivity contribution in [3.63, 3.8) is 0 Å². The zero-order valence-electron chi connectivity index (χ0n) is 12.7. The zero-order chi connectivity index (χ0) is 13.2. The van der Waals surface area contributed by atoms with Gasteiger partial charge in [0.05, 0.1) is 0 Å². The third-order valence-corrected chi connectivity index (χ3v) is 5.45. The Bertz CT molecular complexity index is 188. The molecule has 0 spiro atoms. The molecule has 1 atom stereocenters. The zero-order valence-corrected chi connectivity index (χ0v) is 13.5. The third kappa shape index (κ3) is 7.68. The molecule has 0 aromatic rings. The van der Waals surface area contributed by atoms with E-state index in [0.717, 1.165) is 23.8 Å². The van der Waals surface area contributed by atoms with Crippen molar-refractivity contribution < 1.29 is 0 Å². The van der Waals surface area contributed by atoms with Crippen LogP contribution in [0.25, 0.3) is 0 Å². The highest BCUT2D eigenvalue weighted by Gasteiger charge is 2.16. The highest BCUT2D eigenvalue weighted by molar-refractivity contribution is 7.99. The van der Waals surface area contributed by atoms with E-state index in [1.54, 1.807) is 0 Å². The van der Waals surface area contributed by atoms with Crippen LogP contribution in [0.4, 0.5) is 0 Å². The fourth-order valence-electron chi connectivity index (χ4n) is 2.79. The molecule has 0 amide bonds. The summed E-state index contributed by atoms with van der Waals surface area (Å²) in [5.74, 6) is 2.19. The molecule has 0 aromatic heterocycles. The maximum atomic E-state index is 3.68. The van der Waals surface area contributed by atoms with Gasteiger partial charge in [0.2, 0.25) is 0 Å². The Morgan fingerprint density at radius 2 is 1.83 bits per heavy atom. The number of hydrogen-bond acceptors (Lipinski definition) is 2. The molecule has 0 heterocycles. The summed E-state index contributed by atoms with van der Waals surface area (Å²) >= 11 is 2.24. The van der Waals surface area contributed by atoms with E-state index in [0.29, 0.717) is 0 Å². The van der Waals surface area contributed by atoms with Gasteiger partial charge in [-0.3, -0.25) is 0 Å². The molecule has 1 saturated carbocycles. The SMILES string of the molecule is CCNC(CCCC(C)C)CSC1CCCCC1. The second-order valence-electron chi connectivity index (χ2n) is 6.17. The average Bonchev–Trinajstić information content (AvgIpc) is 2.37. The normalized spacial score (nSPS) is 19.3. The van der Waals surface area contributed by atoms with E-state index < -0.39 is 0 Å². The Labute approximate surface area is 119 Å². The highest BCUT2D eigenvalue weighted by Crippen LogP contribution is 2.29. The Kier molecular flexibility index (Phi) is 9.22. The van der Waals surface area contributed by atoms with Crippen LogP contribution in [0.1, 0.15) is 72.1 Å². The molecular formula is C16H33NS. The fraction of sp³-hybridized carbons (Fsp3) is 1.00. The topological polar surface area (TPSA) is 12.0 Å². The monoisotopic (exact) mass is 271 g/mol. The van der Waals surface area contributed by atoms with Gasteiger partial charge in [-0.05, 0) is 31.7 Å². The Morgan fingerprint density at radius 1 is 1.11 bits per heavy atom. The minimum absolute atomic E-state index is 0.751. The van der Waals surface area contributed by atoms with Crippen molar-refractivity contribution in [3.8, 4) is 0 Å². The Balaban J connectivity index is 2.15. The lowest BCUT2D eigenvalue weighted by Gasteiger charge is -2.24. The first-order chi connectivity index (χ1) is 8.72. The largest absolute Gasteiger partial charge is 0.313 e. The van der Waals surface area contributed by atoms with Crippen molar-refractivity contribution in [1.29, 1.82) is 0 Å². The van der Waals surface area contributed by atoms with Crippen molar-refractivity contribution >= 4 is 11.8 Å². The van der Waals surface area contributed by atoms with Crippen LogP contribution < -0.4 is 5.32 Å². The first-order valence-electron chi connectivity index (χ1n) is 8.07. The Morgan fingerprint density at radius 3 is 2.44 bits per heavy atom. The molecule has 1 nitrogen and oxygen atoms in total.